The summed E-state index contributed by atoms with van der Waals surface area (Å²) in [6, 6.07) is 27.5. The van der Waals surface area contributed by atoms with Gasteiger partial charge in [0.05, 0.1) is 32.8 Å². The topological polar surface area (TPSA) is 106 Å². The van der Waals surface area contributed by atoms with E-state index < -0.39 is 23.1 Å². The summed E-state index contributed by atoms with van der Waals surface area (Å²) in [7, 11) is 3.23. The van der Waals surface area contributed by atoms with Crippen LogP contribution in [0.25, 0.3) is 0 Å². The highest BCUT2D eigenvalue weighted by atomic mass is 16.5. The van der Waals surface area contributed by atoms with E-state index in [1.54, 1.807) is 21.1 Å². The Morgan fingerprint density at radius 1 is 0.905 bits per heavy atom. The third kappa shape index (κ3) is 6.17. The fourth-order valence-corrected chi connectivity index (χ4v) is 5.27. The van der Waals surface area contributed by atoms with Crippen molar-refractivity contribution in [3.05, 3.63) is 135 Å². The molecule has 217 valence electrons. The third-order valence-corrected chi connectivity index (χ3v) is 7.79. The van der Waals surface area contributed by atoms with Crippen molar-refractivity contribution in [3.63, 3.8) is 0 Å². The Bertz CT molecular complexity index is 1570. The summed E-state index contributed by atoms with van der Waals surface area (Å²) in [5.74, 6) is 0.0327. The number of nitriles is 1. The van der Waals surface area contributed by atoms with Crippen LogP contribution in [0, 0.1) is 42.9 Å². The molecule has 0 saturated carbocycles. The molecule has 4 rings (SSSR count). The molecule has 1 aromatic heterocycles. The van der Waals surface area contributed by atoms with Crippen LogP contribution in [0.15, 0.2) is 94.6 Å². The van der Waals surface area contributed by atoms with E-state index in [4.69, 9.17) is 14.2 Å². The highest BCUT2D eigenvalue weighted by Gasteiger charge is 2.39. The van der Waals surface area contributed by atoms with Crippen LogP contribution in [-0.4, -0.2) is 30.4 Å². The van der Waals surface area contributed by atoms with Gasteiger partial charge in [-0.25, -0.2) is 4.79 Å². The molecule has 8 heteroatoms. The molecule has 0 aliphatic rings. The van der Waals surface area contributed by atoms with Gasteiger partial charge in [-0.15, -0.1) is 0 Å². The van der Waals surface area contributed by atoms with Gasteiger partial charge in [-0.05, 0) is 60.7 Å². The maximum atomic E-state index is 12.8. The number of hydrogen-bond donors (Lipinski definition) is 1. The number of methoxy groups -OCH3 is 2. The fraction of sp³-hybridized carbons (Fsp3) is 0.294. The minimum absolute atomic E-state index is 0.112. The van der Waals surface area contributed by atoms with Gasteiger partial charge in [0, 0.05) is 24.2 Å². The quantitative estimate of drug-likeness (QED) is 0.239. The first kappa shape index (κ1) is 30.4. The first-order valence-electron chi connectivity index (χ1n) is 13.8. The van der Waals surface area contributed by atoms with Crippen molar-refractivity contribution in [2.24, 2.45) is 17.8 Å². The number of hydrogen-bond acceptors (Lipinski definition) is 6. The summed E-state index contributed by atoms with van der Waals surface area (Å²) in [6.45, 7) is 7.89. The van der Waals surface area contributed by atoms with Crippen molar-refractivity contribution in [3.8, 4) is 17.6 Å². The number of nitrogens with one attached hydrogen (secondary N) is 1. The molecule has 3 aromatic carbocycles. The molecule has 0 aliphatic heterocycles. The van der Waals surface area contributed by atoms with Crippen LogP contribution in [0.3, 0.4) is 0 Å². The van der Waals surface area contributed by atoms with Gasteiger partial charge < -0.3 is 19.2 Å². The van der Waals surface area contributed by atoms with Crippen molar-refractivity contribution in [1.29, 1.82) is 5.26 Å². The van der Waals surface area contributed by atoms with E-state index in [-0.39, 0.29) is 24.6 Å². The number of H-pyrrole nitrogens is 1. The summed E-state index contributed by atoms with van der Waals surface area (Å²) in [5.41, 5.74) is 1.09. The lowest BCUT2D eigenvalue weighted by molar-refractivity contribution is -0.0249. The molecule has 0 saturated heterocycles. The summed E-state index contributed by atoms with van der Waals surface area (Å²) < 4.78 is 19.0. The summed E-state index contributed by atoms with van der Waals surface area (Å²) >= 11 is 0. The van der Waals surface area contributed by atoms with Crippen LogP contribution in [0.2, 0.25) is 0 Å². The summed E-state index contributed by atoms with van der Waals surface area (Å²) in [6.07, 6.45) is 1.41. The third-order valence-electron chi connectivity index (χ3n) is 7.79. The zero-order valence-electron chi connectivity index (χ0n) is 24.4. The normalized spacial score (nSPS) is 13.5. The molecule has 1 heterocycles. The largest absolute Gasteiger partial charge is 0.497 e. The Hall–Kier alpha value is -4.61. The minimum Gasteiger partial charge on any atom is -0.497 e. The molecule has 0 bridgehead atoms. The lowest BCUT2D eigenvalue weighted by Gasteiger charge is -2.38. The predicted molar refractivity (Wildman–Crippen MR) is 161 cm³/mol. The fourth-order valence-electron chi connectivity index (χ4n) is 5.27. The van der Waals surface area contributed by atoms with Crippen LogP contribution in [0.1, 0.15) is 29.2 Å². The number of aromatic nitrogens is 2. The van der Waals surface area contributed by atoms with Crippen LogP contribution >= 0.6 is 0 Å². The van der Waals surface area contributed by atoms with Crippen molar-refractivity contribution in [2.45, 2.75) is 26.0 Å². The Labute approximate surface area is 246 Å². The van der Waals surface area contributed by atoms with E-state index in [0.29, 0.717) is 17.1 Å². The lowest BCUT2D eigenvalue weighted by Crippen LogP contribution is -2.41. The van der Waals surface area contributed by atoms with E-state index in [1.165, 1.54) is 10.8 Å². The number of ether oxygens (including phenoxy) is 3. The van der Waals surface area contributed by atoms with Crippen LogP contribution < -0.4 is 20.7 Å². The Kier molecular flexibility index (Phi) is 9.66. The number of aromatic amines is 1. The molecular weight excluding hydrogens is 530 g/mol. The van der Waals surface area contributed by atoms with Gasteiger partial charge in [0.1, 0.15) is 17.1 Å². The number of aryl methyl sites for hydroxylation is 1. The average molecular weight is 567 g/mol. The minimum atomic E-state index is -1.08. The molecule has 0 fully saturated rings. The number of nitrogens with zero attached hydrogens (tertiary/aromatic N) is 2. The first-order chi connectivity index (χ1) is 20.2. The lowest BCUT2D eigenvalue weighted by atomic mass is 9.79. The van der Waals surface area contributed by atoms with Gasteiger partial charge in [0.2, 0.25) is 0 Å². The maximum Gasteiger partial charge on any atom is 0.328 e. The van der Waals surface area contributed by atoms with Crippen molar-refractivity contribution in [2.75, 3.05) is 20.8 Å². The monoisotopic (exact) mass is 566 g/mol. The van der Waals surface area contributed by atoms with E-state index in [0.717, 1.165) is 16.7 Å². The summed E-state index contributed by atoms with van der Waals surface area (Å²) in [4.78, 5) is 27.9. The standard InChI is InChI=1S/C34H36N3O5/c1-23(19-35)31(25(3)21-37-32(38)24(2)20-36-33(37)39)22-42-34(26-9-7-6-8-10-26,27-11-15-29(40-4)16-12-27)28-13-17-30(41-5)18-14-28/h6-18,20,23,25,31H,1,21-22H2,2-5H3,(H,36,39)/t23-,25?,31?/m1/s1. The van der Waals surface area contributed by atoms with Crippen molar-refractivity contribution >= 4 is 0 Å². The number of rotatable bonds is 12. The summed E-state index contributed by atoms with van der Waals surface area (Å²) in [5, 5.41) is 9.94. The second kappa shape index (κ2) is 13.4. The van der Waals surface area contributed by atoms with Gasteiger partial charge in [-0.1, -0.05) is 61.5 Å². The molecule has 1 radical (unpaired) electrons. The molecule has 8 nitrogen and oxygen atoms in total. The van der Waals surface area contributed by atoms with Gasteiger partial charge in [0.25, 0.3) is 5.56 Å². The zero-order valence-corrected chi connectivity index (χ0v) is 24.4. The highest BCUT2D eigenvalue weighted by Crippen LogP contribution is 2.42. The van der Waals surface area contributed by atoms with Crippen molar-refractivity contribution in [1.82, 2.24) is 9.55 Å². The second-order valence-corrected chi connectivity index (χ2v) is 10.4. The average Bonchev–Trinajstić information content (AvgIpc) is 3.03. The second-order valence-electron chi connectivity index (χ2n) is 10.4. The molecule has 0 amide bonds. The van der Waals surface area contributed by atoms with E-state index in [9.17, 15) is 14.9 Å². The Morgan fingerprint density at radius 2 is 1.43 bits per heavy atom. The van der Waals surface area contributed by atoms with Gasteiger partial charge in [0.15, 0.2) is 0 Å². The molecule has 3 atom stereocenters. The van der Waals surface area contributed by atoms with E-state index in [2.05, 4.69) is 18.0 Å². The van der Waals surface area contributed by atoms with E-state index in [1.807, 2.05) is 85.8 Å². The first-order valence-corrected chi connectivity index (χ1v) is 13.8. The van der Waals surface area contributed by atoms with Gasteiger partial charge in [-0.2, -0.15) is 5.26 Å². The van der Waals surface area contributed by atoms with Crippen LogP contribution in [-0.2, 0) is 16.9 Å². The number of benzene rings is 3. The zero-order chi connectivity index (χ0) is 30.3. The maximum absolute atomic E-state index is 12.8. The smallest absolute Gasteiger partial charge is 0.328 e. The molecule has 0 spiro atoms. The SMILES string of the molecule is [CH2][C@H](C#N)C(COC(c1ccccc1)(c1ccc(OC)cc1)c1ccc(OC)cc1)C(C)Cn1c(=O)[nH]cc(C)c1=O. The molecule has 42 heavy (non-hydrogen) atoms. The highest BCUT2D eigenvalue weighted by molar-refractivity contribution is 5.49. The predicted octanol–water partition coefficient (Wildman–Crippen LogP) is 5.10. The Balaban J connectivity index is 1.82. The Morgan fingerprint density at radius 3 is 1.93 bits per heavy atom. The molecule has 4 aromatic rings. The molecule has 1 N–H and O–H groups in total. The molecule has 2 unspecified atom stereocenters. The van der Waals surface area contributed by atoms with Gasteiger partial charge >= 0.3 is 5.69 Å². The molecule has 0 aliphatic carbocycles. The van der Waals surface area contributed by atoms with Crippen LogP contribution in [0.5, 0.6) is 11.5 Å². The molecular formula is C34H36N3O5. The van der Waals surface area contributed by atoms with Crippen LogP contribution in [0.4, 0.5) is 0 Å². The van der Waals surface area contributed by atoms with Gasteiger partial charge in [-0.3, -0.25) is 9.36 Å². The van der Waals surface area contributed by atoms with Crippen molar-refractivity contribution < 1.29 is 14.2 Å². The van der Waals surface area contributed by atoms with E-state index >= 15 is 0 Å².